The van der Waals surface area contributed by atoms with Crippen LogP contribution in [0.5, 0.6) is 0 Å². The van der Waals surface area contributed by atoms with Crippen LogP contribution >= 0.6 is 0 Å². The zero-order chi connectivity index (χ0) is 20.6. The molecule has 0 aliphatic carbocycles. The van der Waals surface area contributed by atoms with Crippen molar-refractivity contribution in [3.63, 3.8) is 0 Å². The Bertz CT molecular complexity index is 982. The number of amides is 3. The molecule has 1 N–H and O–H groups in total. The number of anilines is 1. The first kappa shape index (κ1) is 19.2. The summed E-state index contributed by atoms with van der Waals surface area (Å²) in [6.07, 6.45) is 0. The summed E-state index contributed by atoms with van der Waals surface area (Å²) in [7, 11) is 0. The molecule has 28 heavy (non-hydrogen) atoms. The maximum Gasteiger partial charge on any atom is 0.282 e. The van der Waals surface area contributed by atoms with E-state index in [4.69, 9.17) is 0 Å². The molecule has 8 heteroatoms. The number of benzene rings is 2. The lowest BCUT2D eigenvalue weighted by molar-refractivity contribution is -0.385. The highest BCUT2D eigenvalue weighted by atomic mass is 16.6. The Hall–Kier alpha value is -3.55. The highest BCUT2D eigenvalue weighted by Crippen LogP contribution is 2.32. The van der Waals surface area contributed by atoms with Gasteiger partial charge in [0.05, 0.1) is 10.5 Å². The second kappa shape index (κ2) is 7.22. The van der Waals surface area contributed by atoms with E-state index in [2.05, 4.69) is 19.2 Å². The normalized spacial score (nSPS) is 14.2. The second-order valence-corrected chi connectivity index (χ2v) is 6.88. The van der Waals surface area contributed by atoms with Gasteiger partial charge in [0.1, 0.15) is 11.6 Å². The minimum atomic E-state index is -1.13. The van der Waals surface area contributed by atoms with Crippen LogP contribution in [-0.2, 0) is 4.79 Å². The first-order chi connectivity index (χ1) is 13.2. The first-order valence-corrected chi connectivity index (χ1v) is 8.78. The summed E-state index contributed by atoms with van der Waals surface area (Å²) in [5.41, 5.74) is 0.844. The van der Waals surface area contributed by atoms with E-state index in [1.54, 1.807) is 12.1 Å². The minimum absolute atomic E-state index is 0.0693. The van der Waals surface area contributed by atoms with Crippen LogP contribution in [0.3, 0.4) is 0 Å². The molecule has 0 saturated carbocycles. The third-order valence-corrected chi connectivity index (χ3v) is 4.73. The Kier molecular flexibility index (Phi) is 4.96. The molecule has 144 valence electrons. The predicted octanol–water partition coefficient (Wildman–Crippen LogP) is 3.34. The van der Waals surface area contributed by atoms with Crippen molar-refractivity contribution in [1.29, 1.82) is 0 Å². The zero-order valence-corrected chi connectivity index (χ0v) is 15.6. The fourth-order valence-electron chi connectivity index (χ4n) is 3.10. The van der Waals surface area contributed by atoms with Crippen LogP contribution in [0.4, 0.5) is 11.4 Å². The SMILES string of the molecule is CC(C)c1ccc(NC(=O)[C@H](C)N2C(=O)c3cccc([N+](=O)[O-])c3C2=O)cc1. The van der Waals surface area contributed by atoms with Crippen molar-refractivity contribution < 1.29 is 19.3 Å². The quantitative estimate of drug-likeness (QED) is 0.485. The maximum atomic E-state index is 12.7. The van der Waals surface area contributed by atoms with Crippen LogP contribution in [0, 0.1) is 10.1 Å². The lowest BCUT2D eigenvalue weighted by Gasteiger charge is -2.21. The van der Waals surface area contributed by atoms with Gasteiger partial charge in [-0.15, -0.1) is 0 Å². The zero-order valence-electron chi connectivity index (χ0n) is 15.6. The van der Waals surface area contributed by atoms with Gasteiger partial charge in [-0.2, -0.15) is 0 Å². The number of fused-ring (bicyclic) bond motifs is 1. The van der Waals surface area contributed by atoms with Crippen molar-refractivity contribution in [2.75, 3.05) is 5.32 Å². The summed E-state index contributed by atoms with van der Waals surface area (Å²) in [6, 6.07) is 9.98. The van der Waals surface area contributed by atoms with Crippen molar-refractivity contribution in [3.8, 4) is 0 Å². The molecule has 1 aliphatic rings. The molecule has 8 nitrogen and oxygen atoms in total. The summed E-state index contributed by atoms with van der Waals surface area (Å²) < 4.78 is 0. The highest BCUT2D eigenvalue weighted by molar-refractivity contribution is 6.24. The Balaban J connectivity index is 1.82. The standard InChI is InChI=1S/C20H19N3O5/c1-11(2)13-7-9-14(10-8-13)21-18(24)12(3)22-19(25)15-5-4-6-16(23(27)28)17(15)20(22)26/h4-12H,1-3H3,(H,21,24)/t12-/m0/s1. The van der Waals surface area contributed by atoms with Crippen molar-refractivity contribution in [1.82, 2.24) is 4.90 Å². The van der Waals surface area contributed by atoms with Gasteiger partial charge in [0, 0.05) is 11.8 Å². The average molecular weight is 381 g/mol. The third-order valence-electron chi connectivity index (χ3n) is 4.73. The Morgan fingerprint density at radius 2 is 1.68 bits per heavy atom. The molecule has 1 aliphatic heterocycles. The fraction of sp³-hybridized carbons (Fsp3) is 0.250. The van der Waals surface area contributed by atoms with E-state index < -0.39 is 34.4 Å². The topological polar surface area (TPSA) is 110 Å². The average Bonchev–Trinajstić information content (AvgIpc) is 2.92. The van der Waals surface area contributed by atoms with Crippen LogP contribution in [0.25, 0.3) is 0 Å². The molecule has 0 spiro atoms. The van der Waals surface area contributed by atoms with Gasteiger partial charge in [-0.25, -0.2) is 0 Å². The van der Waals surface area contributed by atoms with Gasteiger partial charge < -0.3 is 5.32 Å². The molecule has 3 amide bonds. The van der Waals surface area contributed by atoms with Crippen LogP contribution in [-0.4, -0.2) is 33.6 Å². The number of hydrogen-bond donors (Lipinski definition) is 1. The van der Waals surface area contributed by atoms with Gasteiger partial charge in [0.2, 0.25) is 5.91 Å². The fourth-order valence-corrected chi connectivity index (χ4v) is 3.10. The molecule has 1 heterocycles. The largest absolute Gasteiger partial charge is 0.324 e. The van der Waals surface area contributed by atoms with Gasteiger partial charge in [-0.05, 0) is 36.6 Å². The van der Waals surface area contributed by atoms with E-state index >= 15 is 0 Å². The second-order valence-electron chi connectivity index (χ2n) is 6.88. The van der Waals surface area contributed by atoms with Crippen LogP contribution < -0.4 is 5.32 Å². The summed E-state index contributed by atoms with van der Waals surface area (Å²) in [4.78, 5) is 49.1. The molecular formula is C20H19N3O5. The first-order valence-electron chi connectivity index (χ1n) is 8.78. The van der Waals surface area contributed by atoms with Crippen molar-refractivity contribution in [2.24, 2.45) is 0 Å². The maximum absolute atomic E-state index is 12.7. The number of rotatable bonds is 5. The molecular weight excluding hydrogens is 362 g/mol. The van der Waals surface area contributed by atoms with Crippen molar-refractivity contribution in [3.05, 3.63) is 69.3 Å². The molecule has 0 saturated heterocycles. The molecule has 0 radical (unpaired) electrons. The summed E-state index contributed by atoms with van der Waals surface area (Å²) >= 11 is 0. The van der Waals surface area contributed by atoms with Crippen LogP contribution in [0.1, 0.15) is 53.0 Å². The molecule has 1 atom stereocenters. The number of carbonyl (C=O) groups is 3. The van der Waals surface area contributed by atoms with E-state index in [-0.39, 0.29) is 11.1 Å². The molecule has 0 bridgehead atoms. The van der Waals surface area contributed by atoms with Crippen LogP contribution in [0.2, 0.25) is 0 Å². The van der Waals surface area contributed by atoms with E-state index in [1.165, 1.54) is 19.1 Å². The minimum Gasteiger partial charge on any atom is -0.324 e. The van der Waals surface area contributed by atoms with E-state index in [0.29, 0.717) is 11.6 Å². The number of hydrogen-bond acceptors (Lipinski definition) is 5. The smallest absolute Gasteiger partial charge is 0.282 e. The van der Waals surface area contributed by atoms with Crippen molar-refractivity contribution in [2.45, 2.75) is 32.7 Å². The van der Waals surface area contributed by atoms with E-state index in [9.17, 15) is 24.5 Å². The predicted molar refractivity (Wildman–Crippen MR) is 102 cm³/mol. The molecule has 2 aromatic rings. The van der Waals surface area contributed by atoms with Gasteiger partial charge >= 0.3 is 0 Å². The lowest BCUT2D eigenvalue weighted by atomic mass is 10.0. The van der Waals surface area contributed by atoms with Gasteiger partial charge in [-0.1, -0.05) is 32.0 Å². The number of nitrogens with one attached hydrogen (secondary N) is 1. The monoisotopic (exact) mass is 381 g/mol. The molecule has 0 unspecified atom stereocenters. The highest BCUT2D eigenvalue weighted by Gasteiger charge is 2.44. The summed E-state index contributed by atoms with van der Waals surface area (Å²) in [5.74, 6) is -1.78. The third kappa shape index (κ3) is 3.24. The Labute approximate surface area is 161 Å². The molecule has 3 rings (SSSR count). The number of nitrogens with zero attached hydrogens (tertiary/aromatic N) is 2. The van der Waals surface area contributed by atoms with Crippen LogP contribution in [0.15, 0.2) is 42.5 Å². The van der Waals surface area contributed by atoms with Gasteiger partial charge in [0.15, 0.2) is 0 Å². The number of carbonyl (C=O) groups excluding carboxylic acids is 3. The number of nitro benzene ring substituents is 1. The van der Waals surface area contributed by atoms with Gasteiger partial charge in [-0.3, -0.25) is 29.4 Å². The summed E-state index contributed by atoms with van der Waals surface area (Å²) in [6.45, 7) is 5.51. The number of nitro groups is 1. The van der Waals surface area contributed by atoms with Gasteiger partial charge in [0.25, 0.3) is 17.5 Å². The molecule has 2 aromatic carbocycles. The molecule has 0 fully saturated rings. The number of imide groups is 1. The lowest BCUT2D eigenvalue weighted by Crippen LogP contribution is -2.45. The summed E-state index contributed by atoms with van der Waals surface area (Å²) in [5, 5.41) is 13.9. The molecule has 0 aromatic heterocycles. The van der Waals surface area contributed by atoms with Crippen molar-refractivity contribution >= 4 is 29.1 Å². The van der Waals surface area contributed by atoms with E-state index in [0.717, 1.165) is 16.5 Å². The van der Waals surface area contributed by atoms with E-state index in [1.807, 2.05) is 12.1 Å². The Morgan fingerprint density at radius 1 is 1.04 bits per heavy atom. The Morgan fingerprint density at radius 3 is 2.25 bits per heavy atom.